The second-order valence-electron chi connectivity index (χ2n) is 3.91. The van der Waals surface area contributed by atoms with E-state index in [4.69, 9.17) is 0 Å². The summed E-state index contributed by atoms with van der Waals surface area (Å²) in [6, 6.07) is 5.78. The molecule has 0 aliphatic rings. The lowest BCUT2D eigenvalue weighted by Gasteiger charge is -2.06. The van der Waals surface area contributed by atoms with E-state index in [1.54, 1.807) is 0 Å². The molecular weight excluding hydrogens is 198 g/mol. The molecule has 0 aliphatic heterocycles. The molecule has 1 aromatic carbocycles. The first-order valence-electron chi connectivity index (χ1n) is 5.61. The molecule has 0 bridgehead atoms. The maximum atomic E-state index is 11.7. The molecule has 0 spiro atoms. The number of carbonyl (C=O) groups is 1. The Labute approximate surface area is 97.4 Å². The molecular formula is C14H19NO. The van der Waals surface area contributed by atoms with Crippen LogP contribution in [0.5, 0.6) is 0 Å². The third-order valence-electron chi connectivity index (χ3n) is 2.60. The van der Waals surface area contributed by atoms with Crippen LogP contribution in [0.4, 0.5) is 0 Å². The lowest BCUT2D eigenvalue weighted by atomic mass is 10.1. The van der Waals surface area contributed by atoms with Crippen LogP contribution in [0.15, 0.2) is 30.4 Å². The predicted molar refractivity (Wildman–Crippen MR) is 67.7 cm³/mol. The smallest absolute Gasteiger partial charge is 0.251 e. The molecule has 0 radical (unpaired) electrons. The summed E-state index contributed by atoms with van der Waals surface area (Å²) in [5.74, 6) is 0.00704. The Morgan fingerprint density at radius 2 is 2.06 bits per heavy atom. The molecule has 86 valence electrons. The number of carbonyl (C=O) groups excluding carboxylic acids is 1. The lowest BCUT2D eigenvalue weighted by Crippen LogP contribution is -2.24. The van der Waals surface area contributed by atoms with E-state index in [0.29, 0.717) is 6.54 Å². The van der Waals surface area contributed by atoms with Gasteiger partial charge in [-0.2, -0.15) is 0 Å². The first-order chi connectivity index (χ1) is 7.65. The number of aryl methyl sites for hydroxylation is 2. The summed E-state index contributed by atoms with van der Waals surface area (Å²) in [4.78, 5) is 11.7. The quantitative estimate of drug-likeness (QED) is 0.609. The fourth-order valence-corrected chi connectivity index (χ4v) is 1.42. The van der Waals surface area contributed by atoms with Gasteiger partial charge >= 0.3 is 0 Å². The highest BCUT2D eigenvalue weighted by molar-refractivity contribution is 5.94. The lowest BCUT2D eigenvalue weighted by molar-refractivity contribution is 0.0954. The summed E-state index contributed by atoms with van der Waals surface area (Å²) in [7, 11) is 0. The van der Waals surface area contributed by atoms with Gasteiger partial charge in [0, 0.05) is 12.1 Å². The van der Waals surface area contributed by atoms with Crippen molar-refractivity contribution in [3.05, 3.63) is 47.0 Å². The van der Waals surface area contributed by atoms with Crippen molar-refractivity contribution >= 4 is 5.91 Å². The molecule has 0 saturated heterocycles. The van der Waals surface area contributed by atoms with Crippen LogP contribution in [0.1, 0.15) is 34.8 Å². The molecule has 0 heterocycles. The fraction of sp³-hybridized carbons (Fsp3) is 0.357. The van der Waals surface area contributed by atoms with Gasteiger partial charge in [0.25, 0.3) is 5.91 Å². The molecule has 0 aliphatic carbocycles. The molecule has 0 fully saturated rings. The van der Waals surface area contributed by atoms with Crippen molar-refractivity contribution in [3.63, 3.8) is 0 Å². The number of amides is 1. The minimum absolute atomic E-state index is 0.00704. The van der Waals surface area contributed by atoms with Gasteiger partial charge in [-0.05, 0) is 50.5 Å². The van der Waals surface area contributed by atoms with E-state index in [2.05, 4.69) is 5.32 Å². The second kappa shape index (κ2) is 6.11. The average Bonchev–Trinajstić information content (AvgIpc) is 2.28. The van der Waals surface area contributed by atoms with Crippen molar-refractivity contribution in [1.29, 1.82) is 0 Å². The first-order valence-corrected chi connectivity index (χ1v) is 5.61. The van der Waals surface area contributed by atoms with Gasteiger partial charge in [0.2, 0.25) is 0 Å². The van der Waals surface area contributed by atoms with E-state index in [9.17, 15) is 4.79 Å². The van der Waals surface area contributed by atoms with E-state index in [1.807, 2.05) is 51.1 Å². The summed E-state index contributed by atoms with van der Waals surface area (Å²) >= 11 is 0. The Kier molecular flexibility index (Phi) is 4.77. The van der Waals surface area contributed by atoms with Gasteiger partial charge in [-0.3, -0.25) is 4.79 Å². The van der Waals surface area contributed by atoms with E-state index in [0.717, 1.165) is 17.5 Å². The number of allylic oxidation sites excluding steroid dienone is 1. The summed E-state index contributed by atoms with van der Waals surface area (Å²) in [5.41, 5.74) is 3.11. The topological polar surface area (TPSA) is 29.1 Å². The zero-order chi connectivity index (χ0) is 12.0. The predicted octanol–water partition coefficient (Wildman–Crippen LogP) is 3.00. The molecule has 1 aromatic rings. The van der Waals surface area contributed by atoms with Crippen LogP contribution in [0.3, 0.4) is 0 Å². The van der Waals surface area contributed by atoms with E-state index < -0.39 is 0 Å². The molecule has 0 aromatic heterocycles. The zero-order valence-corrected chi connectivity index (χ0v) is 10.2. The molecule has 1 amide bonds. The number of rotatable bonds is 4. The Morgan fingerprint density at radius 1 is 1.31 bits per heavy atom. The normalized spacial score (nSPS) is 10.7. The second-order valence-corrected chi connectivity index (χ2v) is 3.91. The Balaban J connectivity index is 2.56. The number of hydrogen-bond donors (Lipinski definition) is 1. The van der Waals surface area contributed by atoms with Crippen LogP contribution < -0.4 is 5.32 Å². The Hall–Kier alpha value is -1.57. The van der Waals surface area contributed by atoms with Crippen molar-refractivity contribution in [2.45, 2.75) is 27.2 Å². The van der Waals surface area contributed by atoms with Crippen LogP contribution in [-0.4, -0.2) is 12.5 Å². The van der Waals surface area contributed by atoms with Crippen LogP contribution in [0, 0.1) is 13.8 Å². The van der Waals surface area contributed by atoms with Gasteiger partial charge in [-0.25, -0.2) is 0 Å². The highest BCUT2D eigenvalue weighted by Crippen LogP contribution is 2.09. The van der Waals surface area contributed by atoms with Crippen molar-refractivity contribution in [2.24, 2.45) is 0 Å². The summed E-state index contributed by atoms with van der Waals surface area (Å²) in [6.45, 7) is 6.73. The third kappa shape index (κ3) is 3.54. The minimum atomic E-state index is 0.00704. The summed E-state index contributed by atoms with van der Waals surface area (Å²) in [5, 5.41) is 2.89. The Bertz CT molecular complexity index is 394. The van der Waals surface area contributed by atoms with Crippen LogP contribution in [-0.2, 0) is 0 Å². The molecule has 2 nitrogen and oxygen atoms in total. The van der Waals surface area contributed by atoms with Gasteiger partial charge in [0.05, 0.1) is 0 Å². The highest BCUT2D eigenvalue weighted by Gasteiger charge is 2.04. The standard InChI is InChI=1S/C14H19NO/c1-4-5-6-9-15-14(16)13-8-7-11(2)12(3)10-13/h4-5,7-8,10H,6,9H2,1-3H3,(H,15,16)/b5-4+. The molecule has 1 N–H and O–H groups in total. The van der Waals surface area contributed by atoms with Gasteiger partial charge in [-0.15, -0.1) is 0 Å². The van der Waals surface area contributed by atoms with E-state index in [-0.39, 0.29) is 5.91 Å². The van der Waals surface area contributed by atoms with Crippen LogP contribution in [0.2, 0.25) is 0 Å². The maximum absolute atomic E-state index is 11.7. The van der Waals surface area contributed by atoms with E-state index in [1.165, 1.54) is 5.56 Å². The van der Waals surface area contributed by atoms with Crippen molar-refractivity contribution in [2.75, 3.05) is 6.54 Å². The molecule has 2 heteroatoms. The van der Waals surface area contributed by atoms with Crippen LogP contribution in [0.25, 0.3) is 0 Å². The first kappa shape index (κ1) is 12.5. The third-order valence-corrected chi connectivity index (χ3v) is 2.60. The number of benzene rings is 1. The largest absolute Gasteiger partial charge is 0.352 e. The van der Waals surface area contributed by atoms with Gasteiger partial charge in [0.15, 0.2) is 0 Å². The monoisotopic (exact) mass is 217 g/mol. The molecule has 0 atom stereocenters. The number of nitrogens with one attached hydrogen (secondary N) is 1. The summed E-state index contributed by atoms with van der Waals surface area (Å²) in [6.07, 6.45) is 4.91. The molecule has 0 saturated carbocycles. The van der Waals surface area contributed by atoms with Gasteiger partial charge in [0.1, 0.15) is 0 Å². The van der Waals surface area contributed by atoms with Gasteiger partial charge in [-0.1, -0.05) is 18.2 Å². The molecule has 0 unspecified atom stereocenters. The van der Waals surface area contributed by atoms with Crippen molar-refractivity contribution in [1.82, 2.24) is 5.32 Å². The van der Waals surface area contributed by atoms with E-state index >= 15 is 0 Å². The highest BCUT2D eigenvalue weighted by atomic mass is 16.1. The van der Waals surface area contributed by atoms with Gasteiger partial charge < -0.3 is 5.32 Å². The SMILES string of the molecule is C/C=C/CCNC(=O)c1ccc(C)c(C)c1. The fourth-order valence-electron chi connectivity index (χ4n) is 1.42. The average molecular weight is 217 g/mol. The molecule has 16 heavy (non-hydrogen) atoms. The van der Waals surface area contributed by atoms with Crippen molar-refractivity contribution < 1.29 is 4.79 Å². The van der Waals surface area contributed by atoms with Crippen molar-refractivity contribution in [3.8, 4) is 0 Å². The van der Waals surface area contributed by atoms with Crippen LogP contribution >= 0.6 is 0 Å². The zero-order valence-electron chi connectivity index (χ0n) is 10.2. The number of hydrogen-bond acceptors (Lipinski definition) is 1. The minimum Gasteiger partial charge on any atom is -0.352 e. The summed E-state index contributed by atoms with van der Waals surface area (Å²) < 4.78 is 0. The Morgan fingerprint density at radius 3 is 2.69 bits per heavy atom. The molecule has 1 rings (SSSR count). The maximum Gasteiger partial charge on any atom is 0.251 e.